The first-order valence-corrected chi connectivity index (χ1v) is 7.08. The van der Waals surface area contributed by atoms with Gasteiger partial charge in [-0.1, -0.05) is 11.6 Å². The van der Waals surface area contributed by atoms with E-state index < -0.39 is 0 Å². The van der Waals surface area contributed by atoms with Crippen LogP contribution in [0.25, 0.3) is 11.0 Å². The van der Waals surface area contributed by atoms with Crippen molar-refractivity contribution in [2.24, 2.45) is 7.05 Å². The van der Waals surface area contributed by atoms with Crippen LogP contribution in [0.1, 0.15) is 17.0 Å². The molecule has 108 valence electrons. The van der Waals surface area contributed by atoms with E-state index in [-0.39, 0.29) is 0 Å². The predicted octanol–water partition coefficient (Wildman–Crippen LogP) is 3.25. The number of nitrogens with zero attached hydrogens (tertiary/aromatic N) is 4. The molecule has 0 radical (unpaired) electrons. The standard InChI is InChI=1S/C15H16ClN5/c1-9-12(10(2)21(3)20-9)8-18-14-7-13(16)11-5-4-6-17-15(11)19-14/h4-7H,8H2,1-3H3,(H,17,18,19). The minimum Gasteiger partial charge on any atom is -0.366 e. The summed E-state index contributed by atoms with van der Waals surface area (Å²) in [5.74, 6) is 0.717. The second-order valence-corrected chi connectivity index (χ2v) is 5.40. The van der Waals surface area contributed by atoms with E-state index in [0.717, 1.165) is 16.8 Å². The quantitative estimate of drug-likeness (QED) is 0.807. The molecular weight excluding hydrogens is 286 g/mol. The number of anilines is 1. The van der Waals surface area contributed by atoms with Crippen LogP contribution in [0.15, 0.2) is 24.4 Å². The van der Waals surface area contributed by atoms with Gasteiger partial charge in [0.15, 0.2) is 5.65 Å². The normalized spacial score (nSPS) is 11.0. The molecule has 3 heterocycles. The molecule has 0 saturated heterocycles. The molecule has 1 N–H and O–H groups in total. The smallest absolute Gasteiger partial charge is 0.162 e. The topological polar surface area (TPSA) is 55.6 Å². The number of rotatable bonds is 3. The molecule has 0 unspecified atom stereocenters. The molecule has 0 saturated carbocycles. The molecule has 0 aromatic carbocycles. The second kappa shape index (κ2) is 5.33. The zero-order valence-electron chi connectivity index (χ0n) is 12.2. The summed E-state index contributed by atoms with van der Waals surface area (Å²) in [7, 11) is 1.95. The molecule has 0 atom stereocenters. The number of pyridine rings is 2. The number of fused-ring (bicyclic) bond motifs is 1. The van der Waals surface area contributed by atoms with Crippen LogP contribution in [0, 0.1) is 13.8 Å². The molecule has 3 rings (SSSR count). The van der Waals surface area contributed by atoms with E-state index in [1.165, 1.54) is 5.56 Å². The molecule has 0 bridgehead atoms. The van der Waals surface area contributed by atoms with Crippen molar-refractivity contribution < 1.29 is 0 Å². The van der Waals surface area contributed by atoms with E-state index >= 15 is 0 Å². The van der Waals surface area contributed by atoms with Crippen molar-refractivity contribution in [3.8, 4) is 0 Å². The van der Waals surface area contributed by atoms with Crippen LogP contribution in [0.4, 0.5) is 5.82 Å². The number of halogens is 1. The van der Waals surface area contributed by atoms with Crippen LogP contribution in [-0.4, -0.2) is 19.7 Å². The van der Waals surface area contributed by atoms with Crippen LogP contribution < -0.4 is 5.32 Å². The van der Waals surface area contributed by atoms with Crippen molar-refractivity contribution in [3.63, 3.8) is 0 Å². The summed E-state index contributed by atoms with van der Waals surface area (Å²) in [5, 5.41) is 9.22. The summed E-state index contributed by atoms with van der Waals surface area (Å²) in [6.45, 7) is 4.72. The highest BCUT2D eigenvalue weighted by molar-refractivity contribution is 6.35. The van der Waals surface area contributed by atoms with E-state index in [4.69, 9.17) is 11.6 Å². The van der Waals surface area contributed by atoms with Gasteiger partial charge in [0.2, 0.25) is 0 Å². The number of nitrogens with one attached hydrogen (secondary N) is 1. The van der Waals surface area contributed by atoms with Crippen molar-refractivity contribution in [1.82, 2.24) is 19.7 Å². The Morgan fingerprint density at radius 2 is 2.14 bits per heavy atom. The Kier molecular flexibility index (Phi) is 3.51. The lowest BCUT2D eigenvalue weighted by atomic mass is 10.2. The van der Waals surface area contributed by atoms with E-state index in [9.17, 15) is 0 Å². The van der Waals surface area contributed by atoms with Crippen molar-refractivity contribution in [1.29, 1.82) is 0 Å². The van der Waals surface area contributed by atoms with Gasteiger partial charge in [0.1, 0.15) is 5.82 Å². The highest BCUT2D eigenvalue weighted by atomic mass is 35.5. The summed E-state index contributed by atoms with van der Waals surface area (Å²) in [5.41, 5.74) is 3.99. The number of hydrogen-bond acceptors (Lipinski definition) is 4. The summed E-state index contributed by atoms with van der Waals surface area (Å²) >= 11 is 6.27. The number of aromatic nitrogens is 4. The largest absolute Gasteiger partial charge is 0.366 e. The summed E-state index contributed by atoms with van der Waals surface area (Å²) in [6, 6.07) is 5.59. The Morgan fingerprint density at radius 1 is 1.33 bits per heavy atom. The highest BCUT2D eigenvalue weighted by Gasteiger charge is 2.10. The maximum Gasteiger partial charge on any atom is 0.162 e. The SMILES string of the molecule is Cc1nn(C)c(C)c1CNc1cc(Cl)c2cccnc2n1. The van der Waals surface area contributed by atoms with Gasteiger partial charge in [-0.25, -0.2) is 9.97 Å². The second-order valence-electron chi connectivity index (χ2n) is 4.99. The van der Waals surface area contributed by atoms with Gasteiger partial charge in [0.25, 0.3) is 0 Å². The maximum atomic E-state index is 6.27. The molecule has 5 nitrogen and oxygen atoms in total. The summed E-state index contributed by atoms with van der Waals surface area (Å²) in [6.07, 6.45) is 1.71. The molecule has 0 fully saturated rings. The van der Waals surface area contributed by atoms with Gasteiger partial charge >= 0.3 is 0 Å². The van der Waals surface area contributed by atoms with E-state index in [2.05, 4.69) is 27.3 Å². The van der Waals surface area contributed by atoms with Gasteiger partial charge in [-0.05, 0) is 32.0 Å². The Morgan fingerprint density at radius 3 is 2.86 bits per heavy atom. The molecular formula is C15H16ClN5. The first-order chi connectivity index (χ1) is 10.1. The molecule has 0 aliphatic rings. The molecule has 21 heavy (non-hydrogen) atoms. The van der Waals surface area contributed by atoms with Gasteiger partial charge < -0.3 is 5.32 Å². The molecule has 3 aromatic heterocycles. The lowest BCUT2D eigenvalue weighted by Crippen LogP contribution is -2.04. The zero-order chi connectivity index (χ0) is 15.0. The van der Waals surface area contributed by atoms with Crippen LogP contribution >= 0.6 is 11.6 Å². The fraction of sp³-hybridized carbons (Fsp3) is 0.267. The minimum atomic E-state index is 0.645. The van der Waals surface area contributed by atoms with Gasteiger partial charge in [-0.15, -0.1) is 0 Å². The van der Waals surface area contributed by atoms with Crippen LogP contribution in [-0.2, 0) is 13.6 Å². The molecule has 0 spiro atoms. The Balaban J connectivity index is 1.88. The first kappa shape index (κ1) is 13.8. The third kappa shape index (κ3) is 2.56. The van der Waals surface area contributed by atoms with Gasteiger partial charge in [-0.3, -0.25) is 4.68 Å². The van der Waals surface area contributed by atoms with Crippen molar-refractivity contribution in [3.05, 3.63) is 46.4 Å². The van der Waals surface area contributed by atoms with E-state index in [1.54, 1.807) is 6.20 Å². The maximum absolute atomic E-state index is 6.27. The van der Waals surface area contributed by atoms with E-state index in [0.29, 0.717) is 23.0 Å². The Bertz CT molecular complexity index is 809. The Hall–Kier alpha value is -2.14. The van der Waals surface area contributed by atoms with Gasteiger partial charge in [0.05, 0.1) is 10.7 Å². The fourth-order valence-corrected chi connectivity index (χ4v) is 2.61. The minimum absolute atomic E-state index is 0.645. The predicted molar refractivity (Wildman–Crippen MR) is 84.6 cm³/mol. The fourth-order valence-electron chi connectivity index (χ4n) is 2.36. The number of hydrogen-bond donors (Lipinski definition) is 1. The van der Waals surface area contributed by atoms with Crippen molar-refractivity contribution in [2.75, 3.05) is 5.32 Å². The van der Waals surface area contributed by atoms with Gasteiger partial charge in [-0.2, -0.15) is 5.10 Å². The van der Waals surface area contributed by atoms with Crippen LogP contribution in [0.5, 0.6) is 0 Å². The first-order valence-electron chi connectivity index (χ1n) is 6.70. The average Bonchev–Trinajstić information content (AvgIpc) is 2.70. The molecule has 0 aliphatic heterocycles. The Labute approximate surface area is 128 Å². The summed E-state index contributed by atoms with van der Waals surface area (Å²) in [4.78, 5) is 8.73. The van der Waals surface area contributed by atoms with Crippen LogP contribution in [0.3, 0.4) is 0 Å². The molecule has 3 aromatic rings. The third-order valence-corrected chi connectivity index (χ3v) is 3.95. The van der Waals surface area contributed by atoms with Crippen molar-refractivity contribution in [2.45, 2.75) is 20.4 Å². The monoisotopic (exact) mass is 301 g/mol. The molecule has 6 heteroatoms. The molecule has 0 aliphatic carbocycles. The third-order valence-electron chi connectivity index (χ3n) is 3.64. The highest BCUT2D eigenvalue weighted by Crippen LogP contribution is 2.24. The summed E-state index contributed by atoms with van der Waals surface area (Å²) < 4.78 is 1.88. The number of aryl methyl sites for hydroxylation is 2. The average molecular weight is 302 g/mol. The lowest BCUT2D eigenvalue weighted by molar-refractivity contribution is 0.730. The lowest BCUT2D eigenvalue weighted by Gasteiger charge is -2.08. The zero-order valence-corrected chi connectivity index (χ0v) is 12.9. The van der Waals surface area contributed by atoms with Gasteiger partial charge in [0, 0.05) is 36.4 Å². The van der Waals surface area contributed by atoms with Crippen molar-refractivity contribution >= 4 is 28.5 Å². The van der Waals surface area contributed by atoms with Crippen LogP contribution in [0.2, 0.25) is 5.02 Å². The van der Waals surface area contributed by atoms with E-state index in [1.807, 2.05) is 36.9 Å². The molecule has 0 amide bonds.